The normalized spacial score (nSPS) is 11.3. The molecular formula is C18H18BrClN2O5. The van der Waals surface area contributed by atoms with E-state index in [1.807, 2.05) is 0 Å². The summed E-state index contributed by atoms with van der Waals surface area (Å²) in [5, 5.41) is 0.536. The predicted molar refractivity (Wildman–Crippen MR) is 104 cm³/mol. The molecule has 0 aliphatic rings. The first kappa shape index (κ1) is 20.9. The molecule has 1 atom stereocenters. The van der Waals surface area contributed by atoms with Crippen molar-refractivity contribution in [1.29, 1.82) is 0 Å². The molecule has 1 unspecified atom stereocenters. The summed E-state index contributed by atoms with van der Waals surface area (Å²) in [5.41, 5.74) is 4.55. The maximum atomic E-state index is 12.1. The molecule has 2 N–H and O–H groups in total. The van der Waals surface area contributed by atoms with Crippen LogP contribution in [-0.4, -0.2) is 31.6 Å². The van der Waals surface area contributed by atoms with Crippen LogP contribution >= 0.6 is 27.5 Å². The molecule has 0 spiro atoms. The zero-order valence-corrected chi connectivity index (χ0v) is 17.0. The summed E-state index contributed by atoms with van der Waals surface area (Å²) < 4.78 is 16.6. The fourth-order valence-corrected chi connectivity index (χ4v) is 2.74. The average molecular weight is 458 g/mol. The summed E-state index contributed by atoms with van der Waals surface area (Å²) in [7, 11) is 1.50. The Kier molecular flexibility index (Phi) is 7.75. The van der Waals surface area contributed by atoms with Gasteiger partial charge in [0.25, 0.3) is 11.8 Å². The molecule has 2 rings (SSSR count). The first-order valence-electron chi connectivity index (χ1n) is 7.87. The largest absolute Gasteiger partial charge is 0.493 e. The highest BCUT2D eigenvalue weighted by Gasteiger charge is 2.17. The second kappa shape index (κ2) is 10.0. The molecule has 27 heavy (non-hydrogen) atoms. The standard InChI is InChI=1S/C18H18BrClN2O5/c1-11(27-14-8-7-12(20)9-13(14)19)18(24)22-21-17(23)10-26-16-6-4-3-5-15(16)25-2/h3-9,11H,10H2,1-2H3,(H,21,23)(H,22,24). The summed E-state index contributed by atoms with van der Waals surface area (Å²) >= 11 is 9.17. The summed E-state index contributed by atoms with van der Waals surface area (Å²) in [6.45, 7) is 1.26. The Morgan fingerprint density at radius 1 is 1.11 bits per heavy atom. The number of hydrogen-bond acceptors (Lipinski definition) is 5. The third-order valence-electron chi connectivity index (χ3n) is 3.32. The third kappa shape index (κ3) is 6.33. The Morgan fingerprint density at radius 3 is 2.48 bits per heavy atom. The highest BCUT2D eigenvalue weighted by Crippen LogP contribution is 2.28. The number of para-hydroxylation sites is 2. The van der Waals surface area contributed by atoms with Crippen molar-refractivity contribution >= 4 is 39.3 Å². The third-order valence-corrected chi connectivity index (χ3v) is 4.17. The van der Waals surface area contributed by atoms with Crippen LogP contribution < -0.4 is 25.1 Å². The minimum atomic E-state index is -0.849. The molecule has 0 aliphatic carbocycles. The van der Waals surface area contributed by atoms with Gasteiger partial charge in [-0.2, -0.15) is 0 Å². The Morgan fingerprint density at radius 2 is 1.81 bits per heavy atom. The van der Waals surface area contributed by atoms with Gasteiger partial charge in [0.15, 0.2) is 24.2 Å². The van der Waals surface area contributed by atoms with Crippen LogP contribution in [0.2, 0.25) is 5.02 Å². The van der Waals surface area contributed by atoms with Crippen molar-refractivity contribution in [3.63, 3.8) is 0 Å². The van der Waals surface area contributed by atoms with Gasteiger partial charge in [0.05, 0.1) is 11.6 Å². The molecule has 0 aromatic heterocycles. The summed E-state index contributed by atoms with van der Waals surface area (Å²) in [6, 6.07) is 11.9. The van der Waals surface area contributed by atoms with Gasteiger partial charge in [-0.3, -0.25) is 20.4 Å². The van der Waals surface area contributed by atoms with Crippen LogP contribution in [0.4, 0.5) is 0 Å². The number of hydrazine groups is 1. The number of carbonyl (C=O) groups is 2. The number of ether oxygens (including phenoxy) is 3. The molecule has 2 amide bonds. The van der Waals surface area contributed by atoms with Crippen molar-refractivity contribution in [1.82, 2.24) is 10.9 Å². The van der Waals surface area contributed by atoms with Crippen molar-refractivity contribution in [2.75, 3.05) is 13.7 Å². The number of hydrogen-bond donors (Lipinski definition) is 2. The van der Waals surface area contributed by atoms with Gasteiger partial charge in [0.1, 0.15) is 5.75 Å². The average Bonchev–Trinajstić information content (AvgIpc) is 2.66. The minimum absolute atomic E-state index is 0.293. The summed E-state index contributed by atoms with van der Waals surface area (Å²) in [4.78, 5) is 23.9. The van der Waals surface area contributed by atoms with E-state index >= 15 is 0 Å². The molecule has 2 aromatic rings. The van der Waals surface area contributed by atoms with Crippen molar-refractivity contribution < 1.29 is 23.8 Å². The molecule has 0 saturated carbocycles. The van der Waals surface area contributed by atoms with Gasteiger partial charge in [-0.15, -0.1) is 0 Å². The van der Waals surface area contributed by atoms with Crippen LogP contribution in [0.25, 0.3) is 0 Å². The van der Waals surface area contributed by atoms with Crippen molar-refractivity contribution in [3.05, 3.63) is 52.0 Å². The quantitative estimate of drug-likeness (QED) is 0.624. The second-order valence-corrected chi connectivity index (χ2v) is 6.60. The van der Waals surface area contributed by atoms with E-state index in [9.17, 15) is 9.59 Å². The van der Waals surface area contributed by atoms with E-state index in [1.165, 1.54) is 7.11 Å². The number of rotatable bonds is 7. The highest BCUT2D eigenvalue weighted by molar-refractivity contribution is 9.10. The fraction of sp³-hybridized carbons (Fsp3) is 0.222. The second-order valence-electron chi connectivity index (χ2n) is 5.31. The van der Waals surface area contributed by atoms with Crippen LogP contribution in [0.15, 0.2) is 46.9 Å². The molecule has 9 heteroatoms. The van der Waals surface area contributed by atoms with E-state index in [4.69, 9.17) is 25.8 Å². The molecule has 0 radical (unpaired) electrons. The molecule has 0 aliphatic heterocycles. The van der Waals surface area contributed by atoms with Crippen LogP contribution in [0, 0.1) is 0 Å². The van der Waals surface area contributed by atoms with Crippen LogP contribution in [-0.2, 0) is 9.59 Å². The predicted octanol–water partition coefficient (Wildman–Crippen LogP) is 3.10. The molecule has 2 aromatic carbocycles. The minimum Gasteiger partial charge on any atom is -0.493 e. The molecule has 144 valence electrons. The SMILES string of the molecule is COc1ccccc1OCC(=O)NNC(=O)C(C)Oc1ccc(Cl)cc1Br. The van der Waals surface area contributed by atoms with Crippen molar-refractivity contribution in [2.24, 2.45) is 0 Å². The Hall–Kier alpha value is -2.45. The zero-order chi connectivity index (χ0) is 19.8. The van der Waals surface area contributed by atoms with Crippen LogP contribution in [0.3, 0.4) is 0 Å². The van der Waals surface area contributed by atoms with E-state index in [2.05, 4.69) is 26.8 Å². The number of methoxy groups -OCH3 is 1. The van der Waals surface area contributed by atoms with Gasteiger partial charge in [0.2, 0.25) is 0 Å². The van der Waals surface area contributed by atoms with Gasteiger partial charge < -0.3 is 14.2 Å². The van der Waals surface area contributed by atoms with Gasteiger partial charge in [0, 0.05) is 5.02 Å². The summed E-state index contributed by atoms with van der Waals surface area (Å²) in [6.07, 6.45) is -0.849. The van der Waals surface area contributed by atoms with Crippen LogP contribution in [0.1, 0.15) is 6.92 Å². The van der Waals surface area contributed by atoms with E-state index < -0.39 is 17.9 Å². The van der Waals surface area contributed by atoms with E-state index in [1.54, 1.807) is 49.4 Å². The van der Waals surface area contributed by atoms with Gasteiger partial charge >= 0.3 is 0 Å². The van der Waals surface area contributed by atoms with Gasteiger partial charge in [-0.05, 0) is 53.2 Å². The smallest absolute Gasteiger partial charge is 0.279 e. The number of amides is 2. The lowest BCUT2D eigenvalue weighted by Gasteiger charge is -2.16. The van der Waals surface area contributed by atoms with Crippen LogP contribution in [0.5, 0.6) is 17.2 Å². The lowest BCUT2D eigenvalue weighted by atomic mass is 10.3. The number of carbonyl (C=O) groups excluding carboxylic acids is 2. The number of nitrogens with one attached hydrogen (secondary N) is 2. The zero-order valence-electron chi connectivity index (χ0n) is 14.6. The fourth-order valence-electron chi connectivity index (χ4n) is 1.97. The lowest BCUT2D eigenvalue weighted by molar-refractivity contribution is -0.133. The molecule has 0 bridgehead atoms. The monoisotopic (exact) mass is 456 g/mol. The Bertz CT molecular complexity index is 818. The van der Waals surface area contributed by atoms with Crippen molar-refractivity contribution in [3.8, 4) is 17.2 Å². The molecule has 0 saturated heterocycles. The first-order chi connectivity index (χ1) is 12.9. The first-order valence-corrected chi connectivity index (χ1v) is 9.04. The molecule has 0 fully saturated rings. The maximum absolute atomic E-state index is 12.1. The van der Waals surface area contributed by atoms with E-state index in [0.29, 0.717) is 26.7 Å². The molecular weight excluding hydrogens is 440 g/mol. The van der Waals surface area contributed by atoms with Gasteiger partial charge in [-0.1, -0.05) is 23.7 Å². The van der Waals surface area contributed by atoms with E-state index in [-0.39, 0.29) is 6.61 Å². The Labute approximate surface area is 170 Å². The maximum Gasteiger partial charge on any atom is 0.279 e. The Balaban J connectivity index is 1.79. The topological polar surface area (TPSA) is 85.9 Å². The van der Waals surface area contributed by atoms with Gasteiger partial charge in [-0.25, -0.2) is 0 Å². The number of halogens is 2. The molecule has 7 nitrogen and oxygen atoms in total. The molecule has 0 heterocycles. The van der Waals surface area contributed by atoms with Crippen molar-refractivity contribution in [2.45, 2.75) is 13.0 Å². The van der Waals surface area contributed by atoms with E-state index in [0.717, 1.165) is 0 Å². The lowest BCUT2D eigenvalue weighted by Crippen LogP contribution is -2.48. The summed E-state index contributed by atoms with van der Waals surface area (Å²) in [5.74, 6) is 0.320. The highest BCUT2D eigenvalue weighted by atomic mass is 79.9. The number of benzene rings is 2.